The third-order valence-electron chi connectivity index (χ3n) is 5.97. The second-order valence-electron chi connectivity index (χ2n) is 7.73. The quantitative estimate of drug-likeness (QED) is 0.843. The summed E-state index contributed by atoms with van der Waals surface area (Å²) in [5.74, 6) is 0.464. The fraction of sp³-hybridized carbons (Fsp3) is 0.650. The molecule has 1 aliphatic carbocycles. The smallest absolute Gasteiger partial charge is 0.226 e. The maximum Gasteiger partial charge on any atom is 0.226 e. The van der Waals surface area contributed by atoms with Crippen LogP contribution in [0.25, 0.3) is 0 Å². The average Bonchev–Trinajstić information content (AvgIpc) is 3.43. The van der Waals surface area contributed by atoms with E-state index in [2.05, 4.69) is 16.7 Å². The summed E-state index contributed by atoms with van der Waals surface area (Å²) < 4.78 is 18.7. The van der Waals surface area contributed by atoms with Crippen LogP contribution in [0.2, 0.25) is 0 Å². The van der Waals surface area contributed by atoms with E-state index in [1.165, 1.54) is 12.1 Å². The minimum Gasteiger partial charge on any atom is -0.376 e. The van der Waals surface area contributed by atoms with Gasteiger partial charge < -0.3 is 9.64 Å². The second kappa shape index (κ2) is 7.04. The van der Waals surface area contributed by atoms with E-state index in [-0.39, 0.29) is 17.7 Å². The molecule has 0 unspecified atom stereocenters. The Hall–Kier alpha value is -1.46. The number of nitrogens with zero attached hydrogens (tertiary/aromatic N) is 2. The van der Waals surface area contributed by atoms with Crippen molar-refractivity contribution in [3.63, 3.8) is 0 Å². The molecule has 4 rings (SSSR count). The van der Waals surface area contributed by atoms with Crippen LogP contribution >= 0.6 is 0 Å². The van der Waals surface area contributed by atoms with E-state index in [9.17, 15) is 9.18 Å². The van der Waals surface area contributed by atoms with Crippen LogP contribution in [-0.4, -0.2) is 60.6 Å². The first-order chi connectivity index (χ1) is 12.1. The molecule has 2 heterocycles. The summed E-state index contributed by atoms with van der Waals surface area (Å²) >= 11 is 0. The van der Waals surface area contributed by atoms with Crippen LogP contribution in [0.5, 0.6) is 0 Å². The molecule has 3 aliphatic rings. The Balaban J connectivity index is 1.28. The standard InChI is InChI=1S/C20H27FN2O2/c1-14-13-23(10-11-25-14)17-6-8-22(9-7-17)20(24)19-12-18(19)15-2-4-16(21)5-3-15/h2-5,14,17-19H,6-13H2,1H3/t14-,18-,19+/m1/s1. The van der Waals surface area contributed by atoms with Crippen molar-refractivity contribution in [2.24, 2.45) is 5.92 Å². The highest BCUT2D eigenvalue weighted by Gasteiger charge is 2.46. The van der Waals surface area contributed by atoms with Gasteiger partial charge in [-0.05, 0) is 49.8 Å². The van der Waals surface area contributed by atoms with Gasteiger partial charge in [-0.15, -0.1) is 0 Å². The minimum absolute atomic E-state index is 0.102. The number of morpholine rings is 1. The van der Waals surface area contributed by atoms with Crippen molar-refractivity contribution >= 4 is 5.91 Å². The number of benzene rings is 1. The summed E-state index contributed by atoms with van der Waals surface area (Å²) in [6, 6.07) is 7.20. The zero-order valence-corrected chi connectivity index (χ0v) is 14.9. The van der Waals surface area contributed by atoms with Crippen LogP contribution < -0.4 is 0 Å². The Kier molecular flexibility index (Phi) is 4.78. The summed E-state index contributed by atoms with van der Waals surface area (Å²) in [5.41, 5.74) is 1.09. The van der Waals surface area contributed by atoms with Crippen molar-refractivity contribution in [2.75, 3.05) is 32.8 Å². The molecule has 2 aliphatic heterocycles. The van der Waals surface area contributed by atoms with E-state index in [4.69, 9.17) is 4.74 Å². The van der Waals surface area contributed by atoms with Crippen LogP contribution in [0, 0.1) is 11.7 Å². The second-order valence-corrected chi connectivity index (χ2v) is 7.73. The minimum atomic E-state index is -0.216. The van der Waals surface area contributed by atoms with Crippen molar-refractivity contribution in [3.05, 3.63) is 35.6 Å². The van der Waals surface area contributed by atoms with Gasteiger partial charge in [-0.3, -0.25) is 9.69 Å². The van der Waals surface area contributed by atoms with Gasteiger partial charge in [0.25, 0.3) is 0 Å². The summed E-state index contributed by atoms with van der Waals surface area (Å²) in [4.78, 5) is 17.4. The SMILES string of the molecule is C[C@@H]1CN(C2CCN(C(=O)[C@H]3C[C@@H]3c3ccc(F)cc3)CC2)CCO1. The number of hydrogen-bond donors (Lipinski definition) is 0. The van der Waals surface area contributed by atoms with Crippen molar-refractivity contribution in [1.82, 2.24) is 9.80 Å². The molecule has 1 aromatic carbocycles. The molecule has 0 bridgehead atoms. The predicted molar refractivity (Wildman–Crippen MR) is 93.8 cm³/mol. The lowest BCUT2D eigenvalue weighted by Crippen LogP contribution is -2.52. The summed E-state index contributed by atoms with van der Waals surface area (Å²) in [6.07, 6.45) is 3.35. The molecule has 1 amide bonds. The number of hydrogen-bond acceptors (Lipinski definition) is 3. The highest BCUT2D eigenvalue weighted by Crippen LogP contribution is 2.48. The molecule has 0 N–H and O–H groups in total. The fourth-order valence-corrected chi connectivity index (χ4v) is 4.41. The number of piperidine rings is 1. The van der Waals surface area contributed by atoms with Crippen molar-refractivity contribution in [3.8, 4) is 0 Å². The van der Waals surface area contributed by atoms with Gasteiger partial charge in [-0.1, -0.05) is 12.1 Å². The summed E-state index contributed by atoms with van der Waals surface area (Å²) in [7, 11) is 0. The van der Waals surface area contributed by atoms with E-state index < -0.39 is 0 Å². The first-order valence-corrected chi connectivity index (χ1v) is 9.51. The van der Waals surface area contributed by atoms with E-state index in [0.29, 0.717) is 18.1 Å². The van der Waals surface area contributed by atoms with Gasteiger partial charge in [0.2, 0.25) is 5.91 Å². The lowest BCUT2D eigenvalue weighted by atomic mass is 10.0. The molecule has 4 nitrogen and oxygen atoms in total. The number of ether oxygens (including phenoxy) is 1. The van der Waals surface area contributed by atoms with Gasteiger partial charge in [0, 0.05) is 38.1 Å². The Morgan fingerprint density at radius 3 is 2.56 bits per heavy atom. The van der Waals surface area contributed by atoms with Gasteiger partial charge >= 0.3 is 0 Å². The predicted octanol–water partition coefficient (Wildman–Crippen LogP) is 2.64. The molecule has 1 saturated carbocycles. The van der Waals surface area contributed by atoms with Gasteiger partial charge in [0.05, 0.1) is 12.7 Å². The molecule has 2 saturated heterocycles. The third kappa shape index (κ3) is 3.72. The third-order valence-corrected chi connectivity index (χ3v) is 5.97. The number of carbonyl (C=O) groups is 1. The van der Waals surface area contributed by atoms with Gasteiger partial charge in [-0.2, -0.15) is 0 Å². The molecule has 0 aromatic heterocycles. The van der Waals surface area contributed by atoms with Gasteiger partial charge in [0.1, 0.15) is 5.82 Å². The number of rotatable bonds is 3. The Labute approximate surface area is 148 Å². The first kappa shape index (κ1) is 17.0. The molecular formula is C20H27FN2O2. The average molecular weight is 346 g/mol. The zero-order chi connectivity index (χ0) is 17.4. The molecule has 25 heavy (non-hydrogen) atoms. The summed E-state index contributed by atoms with van der Waals surface area (Å²) in [6.45, 7) is 6.70. The normalized spacial score (nSPS) is 31.1. The Morgan fingerprint density at radius 2 is 1.88 bits per heavy atom. The van der Waals surface area contributed by atoms with E-state index in [0.717, 1.165) is 57.6 Å². The molecule has 5 heteroatoms. The fourth-order valence-electron chi connectivity index (χ4n) is 4.41. The van der Waals surface area contributed by atoms with Crippen LogP contribution in [0.3, 0.4) is 0 Å². The number of halogens is 1. The molecule has 0 radical (unpaired) electrons. The molecule has 0 spiro atoms. The lowest BCUT2D eigenvalue weighted by molar-refractivity contribution is -0.134. The zero-order valence-electron chi connectivity index (χ0n) is 14.9. The maximum atomic E-state index is 13.0. The maximum absolute atomic E-state index is 13.0. The summed E-state index contributed by atoms with van der Waals surface area (Å²) in [5, 5.41) is 0. The van der Waals surface area contributed by atoms with Crippen LogP contribution in [0.4, 0.5) is 4.39 Å². The van der Waals surface area contributed by atoms with Crippen molar-refractivity contribution in [2.45, 2.75) is 44.2 Å². The molecule has 3 fully saturated rings. The van der Waals surface area contributed by atoms with Crippen LogP contribution in [0.1, 0.15) is 37.7 Å². The highest BCUT2D eigenvalue weighted by atomic mass is 19.1. The van der Waals surface area contributed by atoms with Crippen molar-refractivity contribution in [1.29, 1.82) is 0 Å². The van der Waals surface area contributed by atoms with Crippen molar-refractivity contribution < 1.29 is 13.9 Å². The van der Waals surface area contributed by atoms with E-state index >= 15 is 0 Å². The largest absolute Gasteiger partial charge is 0.376 e. The lowest BCUT2D eigenvalue weighted by Gasteiger charge is -2.41. The van der Waals surface area contributed by atoms with E-state index in [1.807, 2.05) is 12.1 Å². The Bertz CT molecular complexity index is 613. The number of likely N-dealkylation sites (tertiary alicyclic amines) is 1. The molecule has 136 valence electrons. The molecular weight excluding hydrogens is 319 g/mol. The van der Waals surface area contributed by atoms with E-state index in [1.54, 1.807) is 0 Å². The van der Waals surface area contributed by atoms with Gasteiger partial charge in [-0.25, -0.2) is 4.39 Å². The van der Waals surface area contributed by atoms with Crippen LogP contribution in [0.15, 0.2) is 24.3 Å². The monoisotopic (exact) mass is 346 g/mol. The topological polar surface area (TPSA) is 32.8 Å². The van der Waals surface area contributed by atoms with Gasteiger partial charge in [0.15, 0.2) is 0 Å². The van der Waals surface area contributed by atoms with Crippen LogP contribution in [-0.2, 0) is 9.53 Å². The number of carbonyl (C=O) groups excluding carboxylic acids is 1. The first-order valence-electron chi connectivity index (χ1n) is 9.51. The number of amides is 1. The molecule has 3 atom stereocenters. The highest BCUT2D eigenvalue weighted by molar-refractivity contribution is 5.83. The molecule has 1 aromatic rings. The Morgan fingerprint density at radius 1 is 1.16 bits per heavy atom.